The zero-order valence-corrected chi connectivity index (χ0v) is 16.5. The zero-order valence-electron chi connectivity index (χ0n) is 16.5. The Kier molecular flexibility index (Phi) is 12.8. The summed E-state index contributed by atoms with van der Waals surface area (Å²) in [5.74, 6) is 0.451. The highest BCUT2D eigenvalue weighted by Gasteiger charge is 2.08. The van der Waals surface area contributed by atoms with Gasteiger partial charge in [-0.05, 0) is 51.6 Å². The topological polar surface area (TPSA) is 31.7 Å². The number of pyridine rings is 1. The number of anilines is 1. The molecule has 1 rings (SSSR count). The number of rotatable bonds is 10. The van der Waals surface area contributed by atoms with Crippen LogP contribution in [0.3, 0.4) is 0 Å². The van der Waals surface area contributed by atoms with Crippen molar-refractivity contribution in [3.63, 3.8) is 0 Å². The molecule has 1 heterocycles. The molecule has 0 atom stereocenters. The number of hydrogen-bond acceptors (Lipinski definition) is 4. The lowest BCUT2D eigenvalue weighted by Crippen LogP contribution is -2.24. The van der Waals surface area contributed by atoms with E-state index in [0.717, 1.165) is 50.9 Å². The molecule has 146 valence electrons. The molecule has 0 saturated heterocycles. The van der Waals surface area contributed by atoms with Crippen molar-refractivity contribution >= 4 is 12.5 Å². The molecule has 0 N–H and O–H groups in total. The molecular formula is C20H32F2N4. The summed E-state index contributed by atoms with van der Waals surface area (Å²) in [7, 11) is 0. The smallest absolute Gasteiger partial charge is 0.164 e. The lowest BCUT2D eigenvalue weighted by atomic mass is 10.3. The number of halogens is 2. The van der Waals surface area contributed by atoms with Gasteiger partial charge in [-0.2, -0.15) is 0 Å². The second kappa shape index (κ2) is 14.0. The summed E-state index contributed by atoms with van der Waals surface area (Å²) in [6, 6.07) is 3.16. The third-order valence-electron chi connectivity index (χ3n) is 3.63. The van der Waals surface area contributed by atoms with Gasteiger partial charge in [-0.15, -0.1) is 0 Å². The van der Waals surface area contributed by atoms with E-state index in [1.807, 2.05) is 18.7 Å². The minimum atomic E-state index is -0.412. The fourth-order valence-electron chi connectivity index (χ4n) is 2.36. The van der Waals surface area contributed by atoms with E-state index in [1.54, 1.807) is 6.07 Å². The Morgan fingerprint density at radius 3 is 2.19 bits per heavy atom. The molecule has 6 heteroatoms. The van der Waals surface area contributed by atoms with Crippen molar-refractivity contribution in [2.45, 2.75) is 40.5 Å². The molecule has 1 aromatic rings. The van der Waals surface area contributed by atoms with Crippen LogP contribution in [0, 0.1) is 5.82 Å². The van der Waals surface area contributed by atoms with Gasteiger partial charge in [0.05, 0.1) is 6.20 Å². The number of allylic oxidation sites excluding steroid dienone is 2. The standard InChI is InChI=1S/C10H15FN2.C10H17FN2/c1-3-7-13(4-2)10-6-5-9(11)8-12-10;1-5-8-13(7-3)10(12-4)9(11)6-2/h5-6,8H,3-4,7H2,1-2H3;6H,2,4-5,7-8H2,1,3H3/b;10-9-. The van der Waals surface area contributed by atoms with Crippen molar-refractivity contribution in [2.75, 3.05) is 31.1 Å². The summed E-state index contributed by atoms with van der Waals surface area (Å²) in [6.07, 6.45) is 4.44. The van der Waals surface area contributed by atoms with E-state index in [0.29, 0.717) is 5.82 Å². The molecule has 0 aromatic carbocycles. The highest BCUT2D eigenvalue weighted by Crippen LogP contribution is 2.14. The minimum Gasteiger partial charge on any atom is -0.357 e. The normalized spacial score (nSPS) is 11.0. The average molecular weight is 366 g/mol. The first-order chi connectivity index (χ1) is 12.5. The Morgan fingerprint density at radius 1 is 1.15 bits per heavy atom. The number of aromatic nitrogens is 1. The zero-order chi connectivity index (χ0) is 19.9. The molecular weight excluding hydrogens is 334 g/mol. The van der Waals surface area contributed by atoms with Gasteiger partial charge in [0.25, 0.3) is 0 Å². The number of aliphatic imine (C=N–C) groups is 1. The van der Waals surface area contributed by atoms with E-state index in [9.17, 15) is 8.78 Å². The predicted molar refractivity (Wildman–Crippen MR) is 108 cm³/mol. The minimum absolute atomic E-state index is 0.281. The predicted octanol–water partition coefficient (Wildman–Crippen LogP) is 5.20. The fourth-order valence-corrected chi connectivity index (χ4v) is 2.36. The van der Waals surface area contributed by atoms with Crippen LogP contribution in [0.4, 0.5) is 14.6 Å². The van der Waals surface area contributed by atoms with Crippen LogP contribution in [0.1, 0.15) is 40.5 Å². The van der Waals surface area contributed by atoms with Gasteiger partial charge < -0.3 is 9.80 Å². The Balaban J connectivity index is 0.000000481. The molecule has 0 radical (unpaired) electrons. The molecule has 0 fully saturated rings. The summed E-state index contributed by atoms with van der Waals surface area (Å²) < 4.78 is 25.7. The third-order valence-corrected chi connectivity index (χ3v) is 3.63. The van der Waals surface area contributed by atoms with Gasteiger partial charge in [-0.25, -0.2) is 18.8 Å². The monoisotopic (exact) mass is 366 g/mol. The number of nitrogens with zero attached hydrogens (tertiary/aromatic N) is 4. The first-order valence-corrected chi connectivity index (χ1v) is 9.09. The molecule has 1 aromatic heterocycles. The summed E-state index contributed by atoms with van der Waals surface area (Å²) in [5, 5.41) is 0. The van der Waals surface area contributed by atoms with Crippen LogP contribution in [0.5, 0.6) is 0 Å². The van der Waals surface area contributed by atoms with Gasteiger partial charge in [0.1, 0.15) is 11.6 Å². The van der Waals surface area contributed by atoms with Gasteiger partial charge in [-0.3, -0.25) is 0 Å². The van der Waals surface area contributed by atoms with E-state index >= 15 is 0 Å². The van der Waals surface area contributed by atoms with Crippen molar-refractivity contribution in [3.05, 3.63) is 48.4 Å². The largest absolute Gasteiger partial charge is 0.357 e. The molecule has 0 amide bonds. The van der Waals surface area contributed by atoms with Gasteiger partial charge in [0.15, 0.2) is 11.6 Å². The third kappa shape index (κ3) is 8.23. The van der Waals surface area contributed by atoms with Crippen molar-refractivity contribution in [1.82, 2.24) is 9.88 Å². The van der Waals surface area contributed by atoms with Crippen LogP contribution in [-0.4, -0.2) is 42.8 Å². The molecule has 0 unspecified atom stereocenters. The van der Waals surface area contributed by atoms with Crippen molar-refractivity contribution in [1.29, 1.82) is 0 Å². The average Bonchev–Trinajstić information content (AvgIpc) is 2.67. The van der Waals surface area contributed by atoms with E-state index in [2.05, 4.69) is 42.0 Å². The van der Waals surface area contributed by atoms with E-state index in [1.165, 1.54) is 12.3 Å². The fraction of sp³-hybridized carbons (Fsp3) is 0.500. The Labute approximate surface area is 156 Å². The van der Waals surface area contributed by atoms with Crippen molar-refractivity contribution in [3.8, 4) is 0 Å². The maximum absolute atomic E-state index is 13.1. The van der Waals surface area contributed by atoms with Crippen LogP contribution in [0.25, 0.3) is 0 Å². The maximum Gasteiger partial charge on any atom is 0.164 e. The molecule has 4 nitrogen and oxygen atoms in total. The Bertz CT molecular complexity index is 555. The second-order valence-electron chi connectivity index (χ2n) is 5.53. The summed E-state index contributed by atoms with van der Waals surface area (Å²) in [6.45, 7) is 18.3. The quantitative estimate of drug-likeness (QED) is 0.421. The molecule has 0 bridgehead atoms. The van der Waals surface area contributed by atoms with Gasteiger partial charge in [-0.1, -0.05) is 20.4 Å². The Hall–Kier alpha value is -2.24. The van der Waals surface area contributed by atoms with Gasteiger partial charge in [0.2, 0.25) is 0 Å². The SMILES string of the molecule is C=C/C(F)=C(\N=C)N(CC)CCC.CCCN(CC)c1ccc(F)cn1. The molecule has 0 saturated carbocycles. The van der Waals surface area contributed by atoms with Gasteiger partial charge in [0, 0.05) is 26.2 Å². The van der Waals surface area contributed by atoms with Crippen molar-refractivity contribution < 1.29 is 8.78 Å². The van der Waals surface area contributed by atoms with Crippen LogP contribution >= 0.6 is 0 Å². The summed E-state index contributed by atoms with van der Waals surface area (Å²) in [4.78, 5) is 11.6. The molecule has 0 aliphatic heterocycles. The maximum atomic E-state index is 13.1. The van der Waals surface area contributed by atoms with Crippen LogP contribution < -0.4 is 4.90 Å². The van der Waals surface area contributed by atoms with Crippen molar-refractivity contribution in [2.24, 2.45) is 4.99 Å². The van der Waals surface area contributed by atoms with E-state index < -0.39 is 5.83 Å². The summed E-state index contributed by atoms with van der Waals surface area (Å²) >= 11 is 0. The molecule has 0 spiro atoms. The number of hydrogen-bond donors (Lipinski definition) is 0. The second-order valence-corrected chi connectivity index (χ2v) is 5.53. The lowest BCUT2D eigenvalue weighted by Gasteiger charge is -2.22. The van der Waals surface area contributed by atoms with Gasteiger partial charge >= 0.3 is 0 Å². The lowest BCUT2D eigenvalue weighted by molar-refractivity contribution is 0.347. The van der Waals surface area contributed by atoms with Crippen LogP contribution in [0.15, 0.2) is 47.6 Å². The molecule has 0 aliphatic carbocycles. The van der Waals surface area contributed by atoms with Crippen LogP contribution in [0.2, 0.25) is 0 Å². The summed E-state index contributed by atoms with van der Waals surface area (Å²) in [5.41, 5.74) is 0. The van der Waals surface area contributed by atoms with Crippen LogP contribution in [-0.2, 0) is 0 Å². The van der Waals surface area contributed by atoms with E-state index in [4.69, 9.17) is 0 Å². The highest BCUT2D eigenvalue weighted by atomic mass is 19.1. The molecule has 26 heavy (non-hydrogen) atoms. The molecule has 0 aliphatic rings. The Morgan fingerprint density at radius 2 is 1.81 bits per heavy atom. The first kappa shape index (κ1) is 23.8. The van der Waals surface area contributed by atoms with E-state index in [-0.39, 0.29) is 5.82 Å². The first-order valence-electron chi connectivity index (χ1n) is 9.09. The highest BCUT2D eigenvalue weighted by molar-refractivity contribution is 5.37.